The van der Waals surface area contributed by atoms with Crippen LogP contribution in [0.15, 0.2) is 23.9 Å². The van der Waals surface area contributed by atoms with Gasteiger partial charge >= 0.3 is 0 Å². The maximum absolute atomic E-state index is 8.62. The van der Waals surface area contributed by atoms with E-state index in [2.05, 4.69) is 6.07 Å². The summed E-state index contributed by atoms with van der Waals surface area (Å²) in [6.07, 6.45) is 5.78. The molecule has 52 valence electrons. The van der Waals surface area contributed by atoms with Crippen LogP contribution in [0.1, 0.15) is 0 Å². The molecule has 10 heavy (non-hydrogen) atoms. The molecule has 2 heteroatoms. The Morgan fingerprint density at radius 3 is 2.70 bits per heavy atom. The van der Waals surface area contributed by atoms with Gasteiger partial charge in [0, 0.05) is 19.8 Å². The summed E-state index contributed by atoms with van der Waals surface area (Å²) in [5.74, 6) is -0.0324. The van der Waals surface area contributed by atoms with Gasteiger partial charge in [0.25, 0.3) is 0 Å². The molecule has 1 aliphatic rings. The number of hydrogen-bond donors (Lipinski definition) is 0. The second-order valence-electron chi connectivity index (χ2n) is 2.48. The molecule has 0 aliphatic heterocycles. The molecule has 0 aromatic carbocycles. The van der Waals surface area contributed by atoms with Crippen molar-refractivity contribution in [2.24, 2.45) is 5.92 Å². The van der Waals surface area contributed by atoms with Crippen molar-refractivity contribution in [2.45, 2.75) is 0 Å². The van der Waals surface area contributed by atoms with Crippen LogP contribution in [-0.4, -0.2) is 19.0 Å². The zero-order valence-corrected chi connectivity index (χ0v) is 6.20. The third-order valence-electron chi connectivity index (χ3n) is 1.54. The van der Waals surface area contributed by atoms with Crippen molar-refractivity contribution in [1.29, 1.82) is 5.26 Å². The fourth-order valence-electron chi connectivity index (χ4n) is 1.00. The first-order valence-electron chi connectivity index (χ1n) is 3.21. The van der Waals surface area contributed by atoms with Crippen LogP contribution in [-0.2, 0) is 0 Å². The summed E-state index contributed by atoms with van der Waals surface area (Å²) in [6, 6.07) is 2.20. The van der Waals surface area contributed by atoms with Gasteiger partial charge in [-0.1, -0.05) is 12.2 Å². The lowest BCUT2D eigenvalue weighted by Crippen LogP contribution is -2.14. The number of hydrogen-bond acceptors (Lipinski definition) is 2. The highest BCUT2D eigenvalue weighted by Gasteiger charge is 2.14. The lowest BCUT2D eigenvalue weighted by Gasteiger charge is -2.15. The molecule has 0 spiro atoms. The highest BCUT2D eigenvalue weighted by molar-refractivity contribution is 5.31. The van der Waals surface area contributed by atoms with Crippen LogP contribution >= 0.6 is 0 Å². The molecule has 0 amide bonds. The molecule has 0 saturated carbocycles. The standard InChI is InChI=1S/C8H10N2/c1-10(2)8-5-3-4-7(8)6-9/h3-5,7H,1-2H3. The molecule has 1 rings (SSSR count). The van der Waals surface area contributed by atoms with E-state index >= 15 is 0 Å². The van der Waals surface area contributed by atoms with Crippen LogP contribution < -0.4 is 0 Å². The fraction of sp³-hybridized carbons (Fsp3) is 0.375. The maximum atomic E-state index is 8.62. The van der Waals surface area contributed by atoms with E-state index in [1.165, 1.54) is 0 Å². The minimum atomic E-state index is -0.0324. The van der Waals surface area contributed by atoms with Crippen LogP contribution in [0.25, 0.3) is 0 Å². The van der Waals surface area contributed by atoms with Crippen LogP contribution in [0, 0.1) is 17.2 Å². The zero-order chi connectivity index (χ0) is 7.56. The van der Waals surface area contributed by atoms with Crippen LogP contribution in [0.5, 0.6) is 0 Å². The number of nitriles is 1. The van der Waals surface area contributed by atoms with E-state index in [0.29, 0.717) is 0 Å². The summed E-state index contributed by atoms with van der Waals surface area (Å²) in [7, 11) is 3.90. The lowest BCUT2D eigenvalue weighted by molar-refractivity contribution is 0.483. The van der Waals surface area contributed by atoms with Gasteiger partial charge in [0.2, 0.25) is 0 Å². The first-order chi connectivity index (χ1) is 4.75. The van der Waals surface area contributed by atoms with Gasteiger partial charge in [0.1, 0.15) is 5.92 Å². The predicted molar refractivity (Wildman–Crippen MR) is 40.0 cm³/mol. The van der Waals surface area contributed by atoms with Crippen molar-refractivity contribution in [3.63, 3.8) is 0 Å². The molecule has 2 nitrogen and oxygen atoms in total. The average molecular weight is 134 g/mol. The van der Waals surface area contributed by atoms with Crippen molar-refractivity contribution in [3.05, 3.63) is 23.9 Å². The molecule has 0 bridgehead atoms. The smallest absolute Gasteiger partial charge is 0.104 e. The monoisotopic (exact) mass is 134 g/mol. The molecular weight excluding hydrogens is 124 g/mol. The van der Waals surface area contributed by atoms with Crippen molar-refractivity contribution in [1.82, 2.24) is 4.90 Å². The van der Waals surface area contributed by atoms with Gasteiger partial charge in [0.15, 0.2) is 0 Å². The Bertz CT molecular complexity index is 218. The van der Waals surface area contributed by atoms with Crippen LogP contribution in [0.3, 0.4) is 0 Å². The zero-order valence-electron chi connectivity index (χ0n) is 6.20. The van der Waals surface area contributed by atoms with Gasteiger partial charge in [-0.15, -0.1) is 0 Å². The van der Waals surface area contributed by atoms with E-state index in [1.54, 1.807) is 0 Å². The quantitative estimate of drug-likeness (QED) is 0.537. The SMILES string of the molecule is CN(C)C1=CC=CC1C#N. The van der Waals surface area contributed by atoms with Gasteiger partial charge < -0.3 is 4.90 Å². The van der Waals surface area contributed by atoms with Crippen molar-refractivity contribution in [3.8, 4) is 6.07 Å². The van der Waals surface area contributed by atoms with Gasteiger partial charge in [-0.2, -0.15) is 5.26 Å². The molecule has 0 aromatic heterocycles. The van der Waals surface area contributed by atoms with E-state index in [9.17, 15) is 0 Å². The number of nitrogens with zero attached hydrogens (tertiary/aromatic N) is 2. The summed E-state index contributed by atoms with van der Waals surface area (Å²) < 4.78 is 0. The summed E-state index contributed by atoms with van der Waals surface area (Å²) in [6.45, 7) is 0. The molecule has 0 fully saturated rings. The Morgan fingerprint density at radius 2 is 2.30 bits per heavy atom. The number of allylic oxidation sites excluding steroid dienone is 3. The van der Waals surface area contributed by atoms with E-state index in [-0.39, 0.29) is 5.92 Å². The summed E-state index contributed by atoms with van der Waals surface area (Å²) >= 11 is 0. The predicted octanol–water partition coefficient (Wildman–Crippen LogP) is 1.14. The van der Waals surface area contributed by atoms with Gasteiger partial charge in [-0.05, 0) is 6.08 Å². The van der Waals surface area contributed by atoms with E-state index in [0.717, 1.165) is 5.70 Å². The van der Waals surface area contributed by atoms with Gasteiger partial charge in [-0.3, -0.25) is 0 Å². The minimum Gasteiger partial charge on any atom is -0.380 e. The highest BCUT2D eigenvalue weighted by atomic mass is 15.1. The van der Waals surface area contributed by atoms with Crippen LogP contribution in [0.2, 0.25) is 0 Å². The Kier molecular flexibility index (Phi) is 1.77. The van der Waals surface area contributed by atoms with E-state index in [4.69, 9.17) is 5.26 Å². The molecular formula is C8H10N2. The van der Waals surface area contributed by atoms with E-state index < -0.39 is 0 Å². The van der Waals surface area contributed by atoms with Crippen molar-refractivity contribution < 1.29 is 0 Å². The van der Waals surface area contributed by atoms with E-state index in [1.807, 2.05) is 37.2 Å². The minimum absolute atomic E-state index is 0.0324. The third-order valence-corrected chi connectivity index (χ3v) is 1.54. The first kappa shape index (κ1) is 6.88. The Hall–Kier alpha value is -1.23. The number of rotatable bonds is 1. The molecule has 1 unspecified atom stereocenters. The molecule has 0 radical (unpaired) electrons. The summed E-state index contributed by atoms with van der Waals surface area (Å²) in [5.41, 5.74) is 1.07. The van der Waals surface area contributed by atoms with Crippen LogP contribution in [0.4, 0.5) is 0 Å². The van der Waals surface area contributed by atoms with Gasteiger partial charge in [-0.25, -0.2) is 0 Å². The highest BCUT2D eigenvalue weighted by Crippen LogP contribution is 2.19. The molecule has 0 N–H and O–H groups in total. The Labute approximate surface area is 61.1 Å². The maximum Gasteiger partial charge on any atom is 0.104 e. The Balaban J connectivity index is 2.74. The normalized spacial score (nSPS) is 22.1. The molecule has 0 aromatic rings. The largest absolute Gasteiger partial charge is 0.380 e. The van der Waals surface area contributed by atoms with Crippen molar-refractivity contribution in [2.75, 3.05) is 14.1 Å². The third kappa shape index (κ3) is 1.03. The molecule has 1 aliphatic carbocycles. The Morgan fingerprint density at radius 1 is 1.60 bits per heavy atom. The molecule has 0 saturated heterocycles. The molecule has 0 heterocycles. The summed E-state index contributed by atoms with van der Waals surface area (Å²) in [4.78, 5) is 1.97. The lowest BCUT2D eigenvalue weighted by atomic mass is 10.1. The second-order valence-corrected chi connectivity index (χ2v) is 2.48. The average Bonchev–Trinajstić information content (AvgIpc) is 2.33. The topological polar surface area (TPSA) is 27.0 Å². The molecule has 1 atom stereocenters. The van der Waals surface area contributed by atoms with Gasteiger partial charge in [0.05, 0.1) is 6.07 Å². The summed E-state index contributed by atoms with van der Waals surface area (Å²) in [5, 5.41) is 8.62. The van der Waals surface area contributed by atoms with Crippen molar-refractivity contribution >= 4 is 0 Å². The first-order valence-corrected chi connectivity index (χ1v) is 3.21. The fourth-order valence-corrected chi connectivity index (χ4v) is 1.00. The second kappa shape index (κ2) is 2.57.